The molecule has 0 amide bonds. The van der Waals surface area contributed by atoms with Gasteiger partial charge in [-0.1, -0.05) is 0 Å². The Kier molecular flexibility index (Phi) is 2.60. The SMILES string of the molecule is OCCn1nc(-c2cnccn2)cc1C1CC1. The van der Waals surface area contributed by atoms with Gasteiger partial charge in [0.1, 0.15) is 11.4 Å². The van der Waals surface area contributed by atoms with Crippen LogP contribution in [0.25, 0.3) is 11.4 Å². The molecule has 1 fully saturated rings. The molecule has 2 heterocycles. The van der Waals surface area contributed by atoms with Gasteiger partial charge in [-0.05, 0) is 18.9 Å². The van der Waals surface area contributed by atoms with Gasteiger partial charge in [0.05, 0.1) is 19.3 Å². The lowest BCUT2D eigenvalue weighted by Crippen LogP contribution is -2.07. The summed E-state index contributed by atoms with van der Waals surface area (Å²) in [4.78, 5) is 8.29. The highest BCUT2D eigenvalue weighted by Gasteiger charge is 2.28. The van der Waals surface area contributed by atoms with E-state index in [9.17, 15) is 0 Å². The van der Waals surface area contributed by atoms with Gasteiger partial charge >= 0.3 is 0 Å². The van der Waals surface area contributed by atoms with E-state index >= 15 is 0 Å². The standard InChI is InChI=1S/C12H14N4O/c17-6-5-16-12(9-1-2-9)7-10(15-16)11-8-13-3-4-14-11/h3-4,7-9,17H,1-2,5-6H2. The van der Waals surface area contributed by atoms with Gasteiger partial charge in [0, 0.05) is 24.0 Å². The molecule has 0 aliphatic heterocycles. The molecule has 0 atom stereocenters. The summed E-state index contributed by atoms with van der Waals surface area (Å²) in [6, 6.07) is 2.07. The minimum Gasteiger partial charge on any atom is -0.394 e. The fraction of sp³-hybridized carbons (Fsp3) is 0.417. The topological polar surface area (TPSA) is 63.8 Å². The molecule has 1 saturated carbocycles. The van der Waals surface area contributed by atoms with Gasteiger partial charge in [0.25, 0.3) is 0 Å². The molecule has 0 unspecified atom stereocenters. The lowest BCUT2D eigenvalue weighted by Gasteiger charge is -2.02. The monoisotopic (exact) mass is 230 g/mol. The molecule has 0 aromatic carbocycles. The highest BCUT2D eigenvalue weighted by atomic mass is 16.3. The normalized spacial score (nSPS) is 15.1. The molecule has 3 rings (SSSR count). The van der Waals surface area contributed by atoms with Crippen molar-refractivity contribution in [2.45, 2.75) is 25.3 Å². The first-order valence-corrected chi connectivity index (χ1v) is 5.83. The van der Waals surface area contributed by atoms with Crippen LogP contribution in [-0.2, 0) is 6.54 Å². The van der Waals surface area contributed by atoms with Crippen molar-refractivity contribution in [3.8, 4) is 11.4 Å². The van der Waals surface area contributed by atoms with Gasteiger partial charge < -0.3 is 5.11 Å². The van der Waals surface area contributed by atoms with Crippen molar-refractivity contribution >= 4 is 0 Å². The number of aliphatic hydroxyl groups is 1. The quantitative estimate of drug-likeness (QED) is 0.857. The zero-order valence-corrected chi connectivity index (χ0v) is 9.45. The van der Waals surface area contributed by atoms with Crippen LogP contribution in [0.15, 0.2) is 24.7 Å². The Morgan fingerprint density at radius 1 is 1.29 bits per heavy atom. The van der Waals surface area contributed by atoms with Crippen LogP contribution >= 0.6 is 0 Å². The zero-order chi connectivity index (χ0) is 11.7. The Bertz CT molecular complexity index is 504. The Morgan fingerprint density at radius 3 is 2.82 bits per heavy atom. The van der Waals surface area contributed by atoms with Crippen molar-refractivity contribution < 1.29 is 5.11 Å². The molecule has 2 aromatic heterocycles. The van der Waals surface area contributed by atoms with E-state index in [0.29, 0.717) is 12.5 Å². The molecule has 88 valence electrons. The maximum atomic E-state index is 9.04. The van der Waals surface area contributed by atoms with E-state index in [1.54, 1.807) is 18.6 Å². The summed E-state index contributed by atoms with van der Waals surface area (Å²) in [5.74, 6) is 0.611. The molecule has 0 bridgehead atoms. The van der Waals surface area contributed by atoms with Crippen LogP contribution in [0.2, 0.25) is 0 Å². The van der Waals surface area contributed by atoms with Crippen molar-refractivity contribution in [2.75, 3.05) is 6.61 Å². The summed E-state index contributed by atoms with van der Waals surface area (Å²) >= 11 is 0. The zero-order valence-electron chi connectivity index (χ0n) is 9.45. The van der Waals surface area contributed by atoms with E-state index in [1.807, 2.05) is 4.68 Å². The number of aliphatic hydroxyl groups excluding tert-OH is 1. The van der Waals surface area contributed by atoms with E-state index in [-0.39, 0.29) is 6.61 Å². The fourth-order valence-electron chi connectivity index (χ4n) is 1.97. The summed E-state index contributed by atoms with van der Waals surface area (Å²) in [5.41, 5.74) is 2.83. The maximum Gasteiger partial charge on any atom is 0.113 e. The van der Waals surface area contributed by atoms with Crippen LogP contribution in [0.1, 0.15) is 24.5 Å². The smallest absolute Gasteiger partial charge is 0.113 e. The lowest BCUT2D eigenvalue weighted by molar-refractivity contribution is 0.267. The van der Waals surface area contributed by atoms with Gasteiger partial charge in [-0.2, -0.15) is 5.10 Å². The minimum atomic E-state index is 0.112. The predicted octanol–water partition coefficient (Wildman–Crippen LogP) is 1.21. The average molecular weight is 230 g/mol. The summed E-state index contributed by atoms with van der Waals surface area (Å²) in [7, 11) is 0. The van der Waals surface area contributed by atoms with Gasteiger partial charge in [-0.25, -0.2) is 0 Å². The van der Waals surface area contributed by atoms with Gasteiger partial charge in [-0.3, -0.25) is 14.6 Å². The van der Waals surface area contributed by atoms with Crippen molar-refractivity contribution in [1.82, 2.24) is 19.7 Å². The first-order chi connectivity index (χ1) is 8.38. The molecule has 0 radical (unpaired) electrons. The second-order valence-electron chi connectivity index (χ2n) is 4.27. The van der Waals surface area contributed by atoms with Crippen molar-refractivity contribution in [1.29, 1.82) is 0 Å². The first kappa shape index (κ1) is 10.4. The maximum absolute atomic E-state index is 9.04. The second kappa shape index (κ2) is 4.25. The molecular weight excluding hydrogens is 216 g/mol. The van der Waals surface area contributed by atoms with Crippen molar-refractivity contribution in [3.05, 3.63) is 30.4 Å². The highest BCUT2D eigenvalue weighted by Crippen LogP contribution is 2.41. The van der Waals surface area contributed by atoms with Crippen LogP contribution in [0.5, 0.6) is 0 Å². The Morgan fingerprint density at radius 2 is 2.18 bits per heavy atom. The second-order valence-corrected chi connectivity index (χ2v) is 4.27. The number of rotatable bonds is 4. The largest absolute Gasteiger partial charge is 0.394 e. The highest BCUT2D eigenvalue weighted by molar-refractivity contribution is 5.53. The van der Waals surface area contributed by atoms with Crippen molar-refractivity contribution in [2.24, 2.45) is 0 Å². The molecule has 1 aliphatic carbocycles. The summed E-state index contributed by atoms with van der Waals surface area (Å²) in [6.07, 6.45) is 7.46. The Labute approximate surface area is 99.1 Å². The molecule has 0 saturated heterocycles. The molecule has 2 aromatic rings. The third-order valence-electron chi connectivity index (χ3n) is 2.94. The molecule has 0 spiro atoms. The van der Waals surface area contributed by atoms with Crippen LogP contribution in [0.3, 0.4) is 0 Å². The Balaban J connectivity index is 1.98. The molecule has 1 N–H and O–H groups in total. The average Bonchev–Trinajstić information content (AvgIpc) is 3.13. The summed E-state index contributed by atoms with van der Waals surface area (Å²) < 4.78 is 1.89. The van der Waals surface area contributed by atoms with E-state index in [2.05, 4.69) is 21.1 Å². The minimum absolute atomic E-state index is 0.112. The van der Waals surface area contributed by atoms with Crippen molar-refractivity contribution in [3.63, 3.8) is 0 Å². The predicted molar refractivity (Wildman–Crippen MR) is 62.3 cm³/mol. The third kappa shape index (κ3) is 2.06. The number of hydrogen-bond acceptors (Lipinski definition) is 4. The van der Waals surface area contributed by atoms with Crippen LogP contribution in [0, 0.1) is 0 Å². The van der Waals surface area contributed by atoms with Gasteiger partial charge in [-0.15, -0.1) is 0 Å². The summed E-state index contributed by atoms with van der Waals surface area (Å²) in [5, 5.41) is 13.5. The number of hydrogen-bond donors (Lipinski definition) is 1. The van der Waals surface area contributed by atoms with E-state index in [0.717, 1.165) is 11.4 Å². The van der Waals surface area contributed by atoms with E-state index in [4.69, 9.17) is 5.11 Å². The lowest BCUT2D eigenvalue weighted by atomic mass is 10.2. The molecule has 5 heteroatoms. The third-order valence-corrected chi connectivity index (χ3v) is 2.94. The van der Waals surface area contributed by atoms with Gasteiger partial charge in [0.15, 0.2) is 0 Å². The van der Waals surface area contributed by atoms with Gasteiger partial charge in [0.2, 0.25) is 0 Å². The van der Waals surface area contributed by atoms with E-state index in [1.165, 1.54) is 18.5 Å². The Hall–Kier alpha value is -1.75. The molecule has 1 aliphatic rings. The van der Waals surface area contributed by atoms with Crippen LogP contribution < -0.4 is 0 Å². The fourth-order valence-corrected chi connectivity index (χ4v) is 1.97. The summed E-state index contributed by atoms with van der Waals surface area (Å²) in [6.45, 7) is 0.660. The first-order valence-electron chi connectivity index (χ1n) is 5.83. The van der Waals surface area contributed by atoms with Crippen LogP contribution in [0.4, 0.5) is 0 Å². The molecular formula is C12H14N4O. The molecule has 5 nitrogen and oxygen atoms in total. The molecule has 17 heavy (non-hydrogen) atoms. The number of aromatic nitrogens is 4. The van der Waals surface area contributed by atoms with E-state index < -0.39 is 0 Å². The van der Waals surface area contributed by atoms with Crippen LogP contribution in [-0.4, -0.2) is 31.5 Å². The number of nitrogens with zero attached hydrogens (tertiary/aromatic N) is 4.